The second-order valence-corrected chi connectivity index (χ2v) is 5.16. The van der Waals surface area contributed by atoms with Gasteiger partial charge in [0.15, 0.2) is 0 Å². The summed E-state index contributed by atoms with van der Waals surface area (Å²) in [6, 6.07) is 3.40. The third-order valence-electron chi connectivity index (χ3n) is 2.73. The Balaban J connectivity index is 1.66. The van der Waals surface area contributed by atoms with Crippen LogP contribution < -0.4 is 10.9 Å². The predicted molar refractivity (Wildman–Crippen MR) is 67.5 cm³/mol. The Hall–Kier alpha value is -1.93. The minimum Gasteiger partial charge on any atom is -0.481 e. The van der Waals surface area contributed by atoms with E-state index >= 15 is 0 Å². The fourth-order valence-electron chi connectivity index (χ4n) is 1.69. The first-order valence-corrected chi connectivity index (χ1v) is 6.52. The van der Waals surface area contributed by atoms with Gasteiger partial charge in [-0.3, -0.25) is 30.1 Å². The van der Waals surface area contributed by atoms with Crippen molar-refractivity contribution in [1.29, 1.82) is 0 Å². The number of hydrazine groups is 1. The van der Waals surface area contributed by atoms with E-state index in [1.165, 1.54) is 11.3 Å². The SMILES string of the molecule is O=C(CN1CC(C(=O)O)C1)NNC(=O)c1cccs1. The molecule has 1 fully saturated rings. The number of likely N-dealkylation sites (tertiary alicyclic amines) is 1. The number of hydrogen-bond acceptors (Lipinski definition) is 5. The van der Waals surface area contributed by atoms with Gasteiger partial charge < -0.3 is 5.11 Å². The fraction of sp³-hybridized carbons (Fsp3) is 0.364. The Kier molecular flexibility index (Phi) is 4.13. The van der Waals surface area contributed by atoms with Crippen LogP contribution in [0.4, 0.5) is 0 Å². The van der Waals surface area contributed by atoms with E-state index in [0.29, 0.717) is 18.0 Å². The standard InChI is InChI=1S/C11H13N3O4S/c15-9(6-14-4-7(5-14)11(17)18)12-13-10(16)8-2-1-3-19-8/h1-3,7H,4-6H2,(H,12,15)(H,13,16)(H,17,18). The highest BCUT2D eigenvalue weighted by molar-refractivity contribution is 7.12. The molecule has 1 aromatic heterocycles. The molecule has 0 radical (unpaired) electrons. The lowest BCUT2D eigenvalue weighted by Gasteiger charge is -2.35. The molecule has 8 heteroatoms. The van der Waals surface area contributed by atoms with E-state index in [1.54, 1.807) is 22.4 Å². The molecule has 0 aliphatic carbocycles. The number of nitrogens with zero attached hydrogens (tertiary/aromatic N) is 1. The maximum Gasteiger partial charge on any atom is 0.309 e. The molecule has 0 aromatic carbocycles. The summed E-state index contributed by atoms with van der Waals surface area (Å²) in [5.74, 6) is -1.97. The molecule has 7 nitrogen and oxygen atoms in total. The van der Waals surface area contributed by atoms with E-state index in [9.17, 15) is 14.4 Å². The van der Waals surface area contributed by atoms with Crippen LogP contribution >= 0.6 is 11.3 Å². The molecule has 0 atom stereocenters. The molecule has 1 aliphatic heterocycles. The van der Waals surface area contributed by atoms with Gasteiger partial charge in [0, 0.05) is 13.1 Å². The molecule has 1 aliphatic rings. The van der Waals surface area contributed by atoms with Gasteiger partial charge in [0.2, 0.25) is 0 Å². The maximum atomic E-state index is 11.5. The molecule has 1 saturated heterocycles. The molecule has 0 spiro atoms. The van der Waals surface area contributed by atoms with Gasteiger partial charge in [-0.05, 0) is 11.4 Å². The topological polar surface area (TPSA) is 98.7 Å². The summed E-state index contributed by atoms with van der Waals surface area (Å²) in [6.45, 7) is 0.803. The molecule has 0 unspecified atom stereocenters. The molecular formula is C11H13N3O4S. The molecule has 0 bridgehead atoms. The van der Waals surface area contributed by atoms with Crippen LogP contribution in [0.5, 0.6) is 0 Å². The summed E-state index contributed by atoms with van der Waals surface area (Å²) in [6.07, 6.45) is 0. The summed E-state index contributed by atoms with van der Waals surface area (Å²) < 4.78 is 0. The number of hydrogen-bond donors (Lipinski definition) is 3. The first kappa shape index (κ1) is 13.5. The molecule has 2 heterocycles. The Bertz CT molecular complexity index is 482. The zero-order valence-corrected chi connectivity index (χ0v) is 10.8. The number of amides is 2. The van der Waals surface area contributed by atoms with E-state index in [-0.39, 0.29) is 18.4 Å². The van der Waals surface area contributed by atoms with Gasteiger partial charge in [0.25, 0.3) is 11.8 Å². The molecule has 3 N–H and O–H groups in total. The van der Waals surface area contributed by atoms with Gasteiger partial charge in [0.1, 0.15) is 0 Å². The Morgan fingerprint density at radius 2 is 2.11 bits per heavy atom. The third-order valence-corrected chi connectivity index (χ3v) is 3.60. The Morgan fingerprint density at radius 3 is 2.68 bits per heavy atom. The lowest BCUT2D eigenvalue weighted by atomic mass is 10.0. The van der Waals surface area contributed by atoms with Gasteiger partial charge in [-0.1, -0.05) is 6.07 Å². The number of nitrogens with one attached hydrogen (secondary N) is 2. The number of carbonyl (C=O) groups is 3. The fourth-order valence-corrected chi connectivity index (χ4v) is 2.31. The number of carbonyl (C=O) groups excluding carboxylic acids is 2. The van der Waals surface area contributed by atoms with Crippen LogP contribution in [0.25, 0.3) is 0 Å². The van der Waals surface area contributed by atoms with Crippen molar-refractivity contribution in [2.24, 2.45) is 5.92 Å². The monoisotopic (exact) mass is 283 g/mol. The highest BCUT2D eigenvalue weighted by Crippen LogP contribution is 2.14. The van der Waals surface area contributed by atoms with Crippen LogP contribution in [0.1, 0.15) is 9.67 Å². The number of aliphatic carboxylic acids is 1. The van der Waals surface area contributed by atoms with Crippen molar-refractivity contribution in [1.82, 2.24) is 15.8 Å². The highest BCUT2D eigenvalue weighted by atomic mass is 32.1. The van der Waals surface area contributed by atoms with E-state index in [0.717, 1.165) is 0 Å². The average molecular weight is 283 g/mol. The zero-order chi connectivity index (χ0) is 13.8. The smallest absolute Gasteiger partial charge is 0.309 e. The van der Waals surface area contributed by atoms with Gasteiger partial charge >= 0.3 is 5.97 Å². The first-order chi connectivity index (χ1) is 9.06. The number of thiophene rings is 1. The number of carboxylic acids is 1. The molecule has 2 amide bonds. The predicted octanol–water partition coefficient (Wildman–Crippen LogP) is -0.474. The average Bonchev–Trinajstić information content (AvgIpc) is 2.83. The maximum absolute atomic E-state index is 11.5. The Morgan fingerprint density at radius 1 is 1.37 bits per heavy atom. The summed E-state index contributed by atoms with van der Waals surface area (Å²) in [5.41, 5.74) is 4.59. The van der Waals surface area contributed by atoms with Crippen LogP contribution in [0, 0.1) is 5.92 Å². The van der Waals surface area contributed by atoms with Gasteiger partial charge in [-0.2, -0.15) is 0 Å². The van der Waals surface area contributed by atoms with Crippen molar-refractivity contribution in [3.63, 3.8) is 0 Å². The number of carboxylic acid groups (broad SMARTS) is 1. The second-order valence-electron chi connectivity index (χ2n) is 4.21. The van der Waals surface area contributed by atoms with Crippen molar-refractivity contribution in [2.75, 3.05) is 19.6 Å². The largest absolute Gasteiger partial charge is 0.481 e. The highest BCUT2D eigenvalue weighted by Gasteiger charge is 2.33. The van der Waals surface area contributed by atoms with Crippen molar-refractivity contribution in [2.45, 2.75) is 0 Å². The summed E-state index contributed by atoms with van der Waals surface area (Å²) in [5, 5.41) is 10.5. The quantitative estimate of drug-likeness (QED) is 0.649. The lowest BCUT2D eigenvalue weighted by molar-refractivity contribution is -0.148. The minimum absolute atomic E-state index is 0.0779. The van der Waals surface area contributed by atoms with Crippen LogP contribution in [0.3, 0.4) is 0 Å². The molecule has 102 valence electrons. The molecular weight excluding hydrogens is 270 g/mol. The summed E-state index contributed by atoms with van der Waals surface area (Å²) >= 11 is 1.28. The van der Waals surface area contributed by atoms with Crippen LogP contribution in [0.2, 0.25) is 0 Å². The van der Waals surface area contributed by atoms with E-state index in [4.69, 9.17) is 5.11 Å². The molecule has 2 rings (SSSR count). The van der Waals surface area contributed by atoms with E-state index in [1.807, 2.05) is 0 Å². The molecule has 0 saturated carbocycles. The molecule has 19 heavy (non-hydrogen) atoms. The summed E-state index contributed by atoms with van der Waals surface area (Å²) in [4.78, 5) is 35.8. The van der Waals surface area contributed by atoms with Crippen molar-refractivity contribution >= 4 is 29.1 Å². The Labute approximate surface area is 113 Å². The van der Waals surface area contributed by atoms with Crippen LogP contribution in [-0.2, 0) is 9.59 Å². The second kappa shape index (κ2) is 5.81. The van der Waals surface area contributed by atoms with E-state index in [2.05, 4.69) is 10.9 Å². The zero-order valence-electron chi connectivity index (χ0n) is 9.96. The van der Waals surface area contributed by atoms with Crippen molar-refractivity contribution in [3.05, 3.63) is 22.4 Å². The van der Waals surface area contributed by atoms with Gasteiger partial charge in [-0.25, -0.2) is 0 Å². The summed E-state index contributed by atoms with van der Waals surface area (Å²) in [7, 11) is 0. The van der Waals surface area contributed by atoms with Crippen LogP contribution in [0.15, 0.2) is 17.5 Å². The molecule has 1 aromatic rings. The van der Waals surface area contributed by atoms with Crippen LogP contribution in [-0.4, -0.2) is 47.4 Å². The van der Waals surface area contributed by atoms with E-state index < -0.39 is 11.9 Å². The normalized spacial score (nSPS) is 15.6. The minimum atomic E-state index is -0.845. The van der Waals surface area contributed by atoms with Crippen molar-refractivity contribution in [3.8, 4) is 0 Å². The first-order valence-electron chi connectivity index (χ1n) is 5.64. The van der Waals surface area contributed by atoms with Crippen molar-refractivity contribution < 1.29 is 19.5 Å². The van der Waals surface area contributed by atoms with Gasteiger partial charge in [-0.15, -0.1) is 11.3 Å². The number of rotatable bonds is 4. The lowest BCUT2D eigenvalue weighted by Crippen LogP contribution is -2.55. The van der Waals surface area contributed by atoms with Gasteiger partial charge in [0.05, 0.1) is 17.3 Å². The third kappa shape index (κ3) is 3.52.